The first-order valence-electron chi connectivity index (χ1n) is 9.63. The number of benzene rings is 2. The van der Waals surface area contributed by atoms with Gasteiger partial charge in [0.25, 0.3) is 5.91 Å². The van der Waals surface area contributed by atoms with Crippen LogP contribution in [0.25, 0.3) is 0 Å². The summed E-state index contributed by atoms with van der Waals surface area (Å²) in [6.07, 6.45) is 1.89. The molecule has 8 heteroatoms. The maximum Gasteiger partial charge on any atom is 0.251 e. The standard InChI is InChI=1S/C21H25FN2O4S/c1-16-5-4-13-24(15-16)29(26,27)18-10-8-17(9-11-18)21(25)23-12-14-28-20-7-3-2-6-19(20)22/h2-3,6-11,16H,4-5,12-15H2,1H3,(H,23,25)/t16-/m1/s1. The average Bonchev–Trinajstić information content (AvgIpc) is 2.72. The number of hydrogen-bond acceptors (Lipinski definition) is 4. The van der Waals surface area contributed by atoms with Crippen LogP contribution in [-0.4, -0.2) is 44.9 Å². The van der Waals surface area contributed by atoms with Crippen molar-refractivity contribution in [1.82, 2.24) is 9.62 Å². The number of nitrogens with zero attached hydrogens (tertiary/aromatic N) is 1. The summed E-state index contributed by atoms with van der Waals surface area (Å²) >= 11 is 0. The third kappa shape index (κ3) is 5.33. The molecular weight excluding hydrogens is 395 g/mol. The van der Waals surface area contributed by atoms with Crippen LogP contribution >= 0.6 is 0 Å². The topological polar surface area (TPSA) is 75.7 Å². The van der Waals surface area contributed by atoms with E-state index in [2.05, 4.69) is 5.32 Å². The molecule has 6 nitrogen and oxygen atoms in total. The Morgan fingerprint density at radius 2 is 1.93 bits per heavy atom. The fourth-order valence-corrected chi connectivity index (χ4v) is 4.88. The van der Waals surface area contributed by atoms with E-state index in [1.165, 1.54) is 40.7 Å². The smallest absolute Gasteiger partial charge is 0.251 e. The van der Waals surface area contributed by atoms with Crippen LogP contribution in [-0.2, 0) is 10.0 Å². The predicted molar refractivity (Wildman–Crippen MR) is 108 cm³/mol. The highest BCUT2D eigenvalue weighted by Crippen LogP contribution is 2.23. The van der Waals surface area contributed by atoms with Crippen molar-refractivity contribution < 1.29 is 22.3 Å². The second-order valence-electron chi connectivity index (χ2n) is 7.17. The van der Waals surface area contributed by atoms with Crippen LogP contribution < -0.4 is 10.1 Å². The minimum Gasteiger partial charge on any atom is -0.489 e. The molecule has 2 aromatic carbocycles. The van der Waals surface area contributed by atoms with E-state index in [1.807, 2.05) is 6.92 Å². The molecule has 0 radical (unpaired) electrons. The van der Waals surface area contributed by atoms with Crippen molar-refractivity contribution in [3.63, 3.8) is 0 Å². The normalized spacial score (nSPS) is 17.7. The van der Waals surface area contributed by atoms with Crippen LogP contribution in [0, 0.1) is 11.7 Å². The summed E-state index contributed by atoms with van der Waals surface area (Å²) in [6.45, 7) is 3.40. The largest absolute Gasteiger partial charge is 0.489 e. The molecule has 0 saturated carbocycles. The summed E-state index contributed by atoms with van der Waals surface area (Å²) in [4.78, 5) is 12.4. The van der Waals surface area contributed by atoms with E-state index >= 15 is 0 Å². The molecule has 1 N–H and O–H groups in total. The van der Waals surface area contributed by atoms with Gasteiger partial charge in [0.2, 0.25) is 10.0 Å². The number of nitrogens with one attached hydrogen (secondary N) is 1. The molecule has 2 aromatic rings. The molecule has 1 heterocycles. The highest BCUT2D eigenvalue weighted by atomic mass is 32.2. The molecule has 0 spiro atoms. The van der Waals surface area contributed by atoms with E-state index in [0.29, 0.717) is 24.6 Å². The Hall–Kier alpha value is -2.45. The molecule has 0 unspecified atom stereocenters. The number of halogens is 1. The number of sulfonamides is 1. The molecule has 0 bridgehead atoms. The summed E-state index contributed by atoms with van der Waals surface area (Å²) in [5, 5.41) is 2.67. The summed E-state index contributed by atoms with van der Waals surface area (Å²) < 4.78 is 45.8. The van der Waals surface area contributed by atoms with Crippen molar-refractivity contribution in [2.75, 3.05) is 26.2 Å². The number of hydrogen-bond donors (Lipinski definition) is 1. The summed E-state index contributed by atoms with van der Waals surface area (Å²) in [7, 11) is -3.55. The van der Waals surface area contributed by atoms with Crippen molar-refractivity contribution in [3.8, 4) is 5.75 Å². The number of carbonyl (C=O) groups is 1. The van der Waals surface area contributed by atoms with Crippen LogP contribution in [0.4, 0.5) is 4.39 Å². The van der Waals surface area contributed by atoms with Gasteiger partial charge in [-0.25, -0.2) is 12.8 Å². The van der Waals surface area contributed by atoms with Crippen molar-refractivity contribution >= 4 is 15.9 Å². The van der Waals surface area contributed by atoms with Crippen molar-refractivity contribution in [3.05, 3.63) is 59.9 Å². The SMILES string of the molecule is C[C@@H]1CCCN(S(=O)(=O)c2ccc(C(=O)NCCOc3ccccc3F)cc2)C1. The first-order chi connectivity index (χ1) is 13.9. The number of ether oxygens (including phenoxy) is 1. The fourth-order valence-electron chi connectivity index (χ4n) is 3.28. The van der Waals surface area contributed by atoms with Crippen LogP contribution in [0.5, 0.6) is 5.75 Å². The molecule has 1 aliphatic heterocycles. The van der Waals surface area contributed by atoms with E-state index in [4.69, 9.17) is 4.74 Å². The first kappa shape index (κ1) is 21.3. The maximum atomic E-state index is 13.5. The molecule has 3 rings (SSSR count). The van der Waals surface area contributed by atoms with Gasteiger partial charge in [0.05, 0.1) is 11.4 Å². The Morgan fingerprint density at radius 1 is 1.21 bits per heavy atom. The molecular formula is C21H25FN2O4S. The number of piperidine rings is 1. The molecule has 1 amide bonds. The Kier molecular flexibility index (Phi) is 6.87. The van der Waals surface area contributed by atoms with Gasteiger partial charge in [0.1, 0.15) is 6.61 Å². The van der Waals surface area contributed by atoms with Crippen LogP contribution in [0.3, 0.4) is 0 Å². The number of amides is 1. The number of carbonyl (C=O) groups excluding carboxylic acids is 1. The third-order valence-corrected chi connectivity index (χ3v) is 6.74. The monoisotopic (exact) mass is 420 g/mol. The lowest BCUT2D eigenvalue weighted by Gasteiger charge is -2.30. The third-order valence-electron chi connectivity index (χ3n) is 4.86. The van der Waals surface area contributed by atoms with Gasteiger partial charge in [-0.05, 0) is 55.2 Å². The zero-order chi connectivity index (χ0) is 20.9. The van der Waals surface area contributed by atoms with E-state index in [-0.39, 0.29) is 29.7 Å². The quantitative estimate of drug-likeness (QED) is 0.699. The predicted octanol–water partition coefficient (Wildman–Crippen LogP) is 3.06. The van der Waals surface area contributed by atoms with Crippen LogP contribution in [0.15, 0.2) is 53.4 Å². The van der Waals surface area contributed by atoms with E-state index in [1.54, 1.807) is 12.1 Å². The molecule has 1 fully saturated rings. The van der Waals surface area contributed by atoms with Crippen LogP contribution in [0.2, 0.25) is 0 Å². The van der Waals surface area contributed by atoms with E-state index < -0.39 is 15.8 Å². The molecule has 1 aliphatic rings. The lowest BCUT2D eigenvalue weighted by molar-refractivity contribution is 0.0946. The van der Waals surface area contributed by atoms with Crippen LogP contribution in [0.1, 0.15) is 30.1 Å². The summed E-state index contributed by atoms with van der Waals surface area (Å²) in [5.41, 5.74) is 0.349. The van der Waals surface area contributed by atoms with Gasteiger partial charge in [0.15, 0.2) is 11.6 Å². The lowest BCUT2D eigenvalue weighted by Crippen LogP contribution is -2.39. The van der Waals surface area contributed by atoms with Crippen molar-refractivity contribution in [2.45, 2.75) is 24.7 Å². The average molecular weight is 421 g/mol. The fraction of sp³-hybridized carbons (Fsp3) is 0.381. The molecule has 1 atom stereocenters. The van der Waals surface area contributed by atoms with Crippen molar-refractivity contribution in [2.24, 2.45) is 5.92 Å². The molecule has 0 aliphatic carbocycles. The Morgan fingerprint density at radius 3 is 2.62 bits per heavy atom. The van der Waals surface area contributed by atoms with E-state index in [0.717, 1.165) is 12.8 Å². The van der Waals surface area contributed by atoms with Gasteiger partial charge in [0, 0.05) is 18.7 Å². The van der Waals surface area contributed by atoms with Gasteiger partial charge >= 0.3 is 0 Å². The molecule has 0 aromatic heterocycles. The Bertz CT molecular complexity index is 947. The summed E-state index contributed by atoms with van der Waals surface area (Å²) in [5.74, 6) is -0.338. The van der Waals surface area contributed by atoms with E-state index in [9.17, 15) is 17.6 Å². The second-order valence-corrected chi connectivity index (χ2v) is 9.11. The van der Waals surface area contributed by atoms with Gasteiger partial charge in [-0.15, -0.1) is 0 Å². The highest BCUT2D eigenvalue weighted by Gasteiger charge is 2.28. The molecule has 156 valence electrons. The first-order valence-corrected chi connectivity index (χ1v) is 11.1. The van der Waals surface area contributed by atoms with Crippen molar-refractivity contribution in [1.29, 1.82) is 0 Å². The zero-order valence-electron chi connectivity index (χ0n) is 16.3. The highest BCUT2D eigenvalue weighted by molar-refractivity contribution is 7.89. The Balaban J connectivity index is 1.54. The Labute approximate surface area is 170 Å². The number of para-hydroxylation sites is 1. The lowest BCUT2D eigenvalue weighted by atomic mass is 10.0. The van der Waals surface area contributed by atoms with Gasteiger partial charge < -0.3 is 10.1 Å². The maximum absolute atomic E-state index is 13.5. The minimum atomic E-state index is -3.55. The molecule has 1 saturated heterocycles. The summed E-state index contributed by atoms with van der Waals surface area (Å²) in [6, 6.07) is 11.9. The molecule has 29 heavy (non-hydrogen) atoms. The minimum absolute atomic E-state index is 0.117. The van der Waals surface area contributed by atoms with Gasteiger partial charge in [-0.1, -0.05) is 19.1 Å². The van der Waals surface area contributed by atoms with Gasteiger partial charge in [-0.3, -0.25) is 4.79 Å². The second kappa shape index (κ2) is 9.37. The zero-order valence-corrected chi connectivity index (χ0v) is 17.1. The van der Waals surface area contributed by atoms with Gasteiger partial charge in [-0.2, -0.15) is 4.31 Å². The number of rotatable bonds is 7.